The zero-order valence-corrected chi connectivity index (χ0v) is 14.1. The van der Waals surface area contributed by atoms with Crippen molar-refractivity contribution in [3.8, 4) is 0 Å². The third kappa shape index (κ3) is 3.68. The average Bonchev–Trinajstić information content (AvgIpc) is 3.16. The maximum atomic E-state index is 5.94. The fourth-order valence-electron chi connectivity index (χ4n) is 2.43. The number of halogens is 1. The first-order chi connectivity index (χ1) is 10.8. The molecule has 0 aliphatic carbocycles. The first kappa shape index (κ1) is 15.5. The minimum atomic E-state index is 0.277. The Morgan fingerprint density at radius 1 is 1.32 bits per heavy atom. The highest BCUT2D eigenvalue weighted by Crippen LogP contribution is 2.18. The van der Waals surface area contributed by atoms with Gasteiger partial charge in [-0.2, -0.15) is 11.8 Å². The van der Waals surface area contributed by atoms with Crippen molar-refractivity contribution in [2.75, 3.05) is 18.1 Å². The fraction of sp³-hybridized carbons (Fsp3) is 0.353. The summed E-state index contributed by atoms with van der Waals surface area (Å²) in [5.41, 5.74) is 2.25. The summed E-state index contributed by atoms with van der Waals surface area (Å²) in [7, 11) is 0. The molecule has 0 spiro atoms. The lowest BCUT2D eigenvalue weighted by Gasteiger charge is -2.09. The normalized spacial score (nSPS) is 17.4. The summed E-state index contributed by atoms with van der Waals surface area (Å²) < 4.78 is 7.96. The Balaban J connectivity index is 1.73. The van der Waals surface area contributed by atoms with Gasteiger partial charge in [0.15, 0.2) is 0 Å². The van der Waals surface area contributed by atoms with Crippen molar-refractivity contribution in [3.63, 3.8) is 0 Å². The van der Waals surface area contributed by atoms with Gasteiger partial charge >= 0.3 is 0 Å². The number of ether oxygens (including phenoxy) is 1. The van der Waals surface area contributed by atoms with E-state index in [0.717, 1.165) is 34.7 Å². The van der Waals surface area contributed by atoms with Crippen LogP contribution >= 0.6 is 23.4 Å². The molecule has 116 valence electrons. The van der Waals surface area contributed by atoms with Gasteiger partial charge in [-0.1, -0.05) is 30.7 Å². The molecule has 1 aliphatic heterocycles. The second-order valence-corrected chi connectivity index (χ2v) is 6.96. The van der Waals surface area contributed by atoms with Gasteiger partial charge in [0.2, 0.25) is 5.90 Å². The van der Waals surface area contributed by atoms with Crippen molar-refractivity contribution in [2.45, 2.75) is 19.5 Å². The summed E-state index contributed by atoms with van der Waals surface area (Å²) in [6.45, 7) is 3.65. The number of hydrogen-bond acceptors (Lipinski definition) is 3. The summed E-state index contributed by atoms with van der Waals surface area (Å²) in [6.07, 6.45) is 2.06. The summed E-state index contributed by atoms with van der Waals surface area (Å²) in [5, 5.41) is 0.760. The molecule has 1 atom stereocenters. The highest BCUT2D eigenvalue weighted by molar-refractivity contribution is 7.99. The van der Waals surface area contributed by atoms with Gasteiger partial charge in [0.05, 0.1) is 6.04 Å². The Kier molecular flexibility index (Phi) is 5.11. The van der Waals surface area contributed by atoms with E-state index in [2.05, 4.69) is 23.8 Å². The van der Waals surface area contributed by atoms with Crippen LogP contribution in [0, 0.1) is 0 Å². The standard InChI is InChI=1S/C17H19ClN2OS/c1-2-22-12-15-11-21-17(19-15)16-4-3-9-20(16)10-13-5-7-14(18)8-6-13/h3-9,15H,2,10-12H2,1H3. The van der Waals surface area contributed by atoms with Crippen molar-refractivity contribution in [1.29, 1.82) is 0 Å². The Bertz CT molecular complexity index is 651. The molecule has 2 aromatic rings. The summed E-state index contributed by atoms with van der Waals surface area (Å²) in [5.74, 6) is 2.91. The van der Waals surface area contributed by atoms with Crippen molar-refractivity contribution in [1.82, 2.24) is 4.57 Å². The lowest BCUT2D eigenvalue weighted by Crippen LogP contribution is -2.11. The second kappa shape index (κ2) is 7.25. The maximum absolute atomic E-state index is 5.94. The summed E-state index contributed by atoms with van der Waals surface area (Å²) in [4.78, 5) is 4.72. The molecule has 0 amide bonds. The minimum Gasteiger partial charge on any atom is -0.474 e. The van der Waals surface area contributed by atoms with E-state index in [0.29, 0.717) is 6.61 Å². The zero-order chi connectivity index (χ0) is 15.4. The van der Waals surface area contributed by atoms with Gasteiger partial charge < -0.3 is 9.30 Å². The molecular formula is C17H19ClN2OS. The van der Waals surface area contributed by atoms with E-state index in [9.17, 15) is 0 Å². The Labute approximate surface area is 140 Å². The quantitative estimate of drug-likeness (QED) is 0.795. The van der Waals surface area contributed by atoms with Crippen LogP contribution in [0.3, 0.4) is 0 Å². The maximum Gasteiger partial charge on any atom is 0.233 e. The van der Waals surface area contributed by atoms with Gasteiger partial charge in [-0.15, -0.1) is 0 Å². The molecule has 22 heavy (non-hydrogen) atoms. The van der Waals surface area contributed by atoms with E-state index in [1.165, 1.54) is 5.56 Å². The van der Waals surface area contributed by atoms with Crippen molar-refractivity contribution in [2.24, 2.45) is 4.99 Å². The summed E-state index contributed by atoms with van der Waals surface area (Å²) >= 11 is 7.84. The molecule has 5 heteroatoms. The number of benzene rings is 1. The smallest absolute Gasteiger partial charge is 0.233 e. The second-order valence-electron chi connectivity index (χ2n) is 5.21. The molecule has 0 bridgehead atoms. The van der Waals surface area contributed by atoms with E-state index < -0.39 is 0 Å². The Morgan fingerprint density at radius 3 is 2.91 bits per heavy atom. The van der Waals surface area contributed by atoms with Crippen LogP contribution < -0.4 is 0 Å². The molecule has 1 aromatic heterocycles. The summed E-state index contributed by atoms with van der Waals surface area (Å²) in [6, 6.07) is 12.3. The lowest BCUT2D eigenvalue weighted by atomic mass is 10.2. The third-order valence-electron chi connectivity index (χ3n) is 3.54. The molecule has 2 heterocycles. The molecule has 0 N–H and O–H groups in total. The van der Waals surface area contributed by atoms with Crippen LogP contribution in [0.2, 0.25) is 5.02 Å². The Morgan fingerprint density at radius 2 is 2.14 bits per heavy atom. The molecule has 1 aromatic carbocycles. The first-order valence-electron chi connectivity index (χ1n) is 7.44. The molecule has 1 aliphatic rings. The van der Waals surface area contributed by atoms with E-state index in [1.807, 2.05) is 42.1 Å². The number of thioether (sulfide) groups is 1. The van der Waals surface area contributed by atoms with Gasteiger partial charge in [0.25, 0.3) is 0 Å². The lowest BCUT2D eigenvalue weighted by molar-refractivity contribution is 0.323. The van der Waals surface area contributed by atoms with Crippen molar-refractivity contribution < 1.29 is 4.74 Å². The van der Waals surface area contributed by atoms with Crippen LogP contribution in [0.4, 0.5) is 0 Å². The van der Waals surface area contributed by atoms with Crippen LogP contribution in [-0.2, 0) is 11.3 Å². The van der Waals surface area contributed by atoms with E-state index in [1.54, 1.807) is 0 Å². The van der Waals surface area contributed by atoms with Crippen LogP contribution in [0.25, 0.3) is 0 Å². The van der Waals surface area contributed by atoms with Crippen LogP contribution in [-0.4, -0.2) is 34.6 Å². The fourth-order valence-corrected chi connectivity index (χ4v) is 3.23. The van der Waals surface area contributed by atoms with E-state index in [-0.39, 0.29) is 6.04 Å². The van der Waals surface area contributed by atoms with Crippen molar-refractivity contribution >= 4 is 29.3 Å². The number of aromatic nitrogens is 1. The monoisotopic (exact) mass is 334 g/mol. The highest BCUT2D eigenvalue weighted by Gasteiger charge is 2.21. The number of nitrogens with zero attached hydrogens (tertiary/aromatic N) is 2. The predicted molar refractivity (Wildman–Crippen MR) is 94.3 cm³/mol. The third-order valence-corrected chi connectivity index (χ3v) is 4.82. The molecule has 3 rings (SSSR count). The number of hydrogen-bond donors (Lipinski definition) is 0. The predicted octanol–water partition coefficient (Wildman–Crippen LogP) is 4.09. The van der Waals surface area contributed by atoms with Gasteiger partial charge in [-0.05, 0) is 35.6 Å². The van der Waals surface area contributed by atoms with Gasteiger partial charge in [-0.25, -0.2) is 4.99 Å². The molecule has 1 unspecified atom stereocenters. The molecule has 0 saturated carbocycles. The number of aliphatic imine (C=N–C) groups is 1. The SMILES string of the molecule is CCSCC1COC(c2cccn2Cc2ccc(Cl)cc2)=N1. The molecular weight excluding hydrogens is 316 g/mol. The molecule has 3 nitrogen and oxygen atoms in total. The largest absolute Gasteiger partial charge is 0.474 e. The molecule has 0 radical (unpaired) electrons. The van der Waals surface area contributed by atoms with Crippen molar-refractivity contribution in [3.05, 3.63) is 58.9 Å². The van der Waals surface area contributed by atoms with Crippen LogP contribution in [0.1, 0.15) is 18.2 Å². The minimum absolute atomic E-state index is 0.277. The van der Waals surface area contributed by atoms with E-state index >= 15 is 0 Å². The van der Waals surface area contributed by atoms with E-state index in [4.69, 9.17) is 21.3 Å². The average molecular weight is 335 g/mol. The van der Waals surface area contributed by atoms with Crippen LogP contribution in [0.15, 0.2) is 47.6 Å². The molecule has 0 fully saturated rings. The Hall–Kier alpha value is -1.39. The van der Waals surface area contributed by atoms with Gasteiger partial charge in [0.1, 0.15) is 12.3 Å². The van der Waals surface area contributed by atoms with Gasteiger partial charge in [0, 0.05) is 23.5 Å². The number of rotatable bonds is 6. The molecule has 0 saturated heterocycles. The highest BCUT2D eigenvalue weighted by atomic mass is 35.5. The van der Waals surface area contributed by atoms with Crippen LogP contribution in [0.5, 0.6) is 0 Å². The first-order valence-corrected chi connectivity index (χ1v) is 8.98. The zero-order valence-electron chi connectivity index (χ0n) is 12.5. The van der Waals surface area contributed by atoms with Gasteiger partial charge in [-0.3, -0.25) is 0 Å². The topological polar surface area (TPSA) is 26.5 Å².